The molecule has 5 fully saturated rings. The molecule has 5 saturated heterocycles. The summed E-state index contributed by atoms with van der Waals surface area (Å²) in [7, 11) is 1.68. The van der Waals surface area contributed by atoms with Crippen molar-refractivity contribution in [2.24, 2.45) is 22.2 Å². The summed E-state index contributed by atoms with van der Waals surface area (Å²) in [5, 5.41) is 8.84. The largest absolute Gasteiger partial charge is 0.342 e. The van der Waals surface area contributed by atoms with Gasteiger partial charge in [-0.2, -0.15) is 0 Å². The highest BCUT2D eigenvalue weighted by atomic mass is 19.1. The smallest absolute Gasteiger partial charge is 0.234 e. The van der Waals surface area contributed by atoms with E-state index in [9.17, 15) is 18.9 Å². The van der Waals surface area contributed by atoms with Crippen LogP contribution < -0.4 is 16.4 Å². The second-order valence-electron chi connectivity index (χ2n) is 11.4. The first-order valence-corrected chi connectivity index (χ1v) is 13.7. The van der Waals surface area contributed by atoms with Crippen LogP contribution in [0.15, 0.2) is 23.6 Å². The number of alkyl halides is 1. The number of nitrogens with zero attached hydrogens (tertiary/aromatic N) is 5. The Balaban J connectivity index is 1.25. The van der Waals surface area contributed by atoms with Crippen LogP contribution in [0.5, 0.6) is 0 Å². The maximum atomic E-state index is 13.8. The van der Waals surface area contributed by atoms with Gasteiger partial charge < -0.3 is 20.9 Å². The van der Waals surface area contributed by atoms with E-state index in [0.29, 0.717) is 24.7 Å². The average Bonchev–Trinajstić information content (AvgIpc) is 2.95. The minimum Gasteiger partial charge on any atom is -0.342 e. The van der Waals surface area contributed by atoms with Crippen LogP contribution in [0.25, 0.3) is 0 Å². The summed E-state index contributed by atoms with van der Waals surface area (Å²) in [6.07, 6.45) is 4.77. The Morgan fingerprint density at radius 1 is 1.21 bits per heavy atom. The molecular weight excluding hydrogens is 491 g/mol. The first-order chi connectivity index (χ1) is 18.3. The maximum absolute atomic E-state index is 13.8. The third-order valence-corrected chi connectivity index (χ3v) is 9.15. The van der Waals surface area contributed by atoms with Crippen LogP contribution in [0.1, 0.15) is 43.6 Å². The number of nitrogens with one attached hydrogen (secondary N) is 2. The topological polar surface area (TPSA) is 136 Å². The summed E-state index contributed by atoms with van der Waals surface area (Å²) < 4.78 is 13.8. The molecule has 5 aliphatic rings. The molecule has 4 unspecified atom stereocenters. The van der Waals surface area contributed by atoms with Crippen LogP contribution >= 0.6 is 0 Å². The van der Waals surface area contributed by atoms with Crippen molar-refractivity contribution in [1.29, 1.82) is 0 Å². The number of hydrogen-bond donors (Lipinski definition) is 3. The number of halogens is 1. The lowest BCUT2D eigenvalue weighted by atomic mass is 9.70. The molecule has 0 spiro atoms. The van der Waals surface area contributed by atoms with Gasteiger partial charge in [0.05, 0.1) is 23.5 Å². The van der Waals surface area contributed by atoms with Crippen LogP contribution in [-0.2, 0) is 9.59 Å². The second-order valence-corrected chi connectivity index (χ2v) is 11.4. The molecule has 11 nitrogen and oxygen atoms in total. The van der Waals surface area contributed by atoms with Crippen molar-refractivity contribution in [3.05, 3.63) is 28.9 Å². The van der Waals surface area contributed by atoms with E-state index in [1.807, 2.05) is 11.0 Å². The SMILES string of the molecule is CN1CC(F)CNC1C(C(=O)Nc1cnccc1C1CCN(C(=O)C23CCN(CC2)CC3)CC1)C(N)N=O. The first kappa shape index (κ1) is 27.0. The van der Waals surface area contributed by atoms with E-state index in [1.54, 1.807) is 24.3 Å². The minimum absolute atomic E-state index is 0.0688. The van der Waals surface area contributed by atoms with Crippen LogP contribution in [-0.4, -0.2) is 103 Å². The Labute approximate surface area is 222 Å². The summed E-state index contributed by atoms with van der Waals surface area (Å²) in [5.41, 5.74) is 7.28. The zero-order valence-corrected chi connectivity index (χ0v) is 22.0. The fourth-order valence-corrected chi connectivity index (χ4v) is 6.81. The van der Waals surface area contributed by atoms with Gasteiger partial charge in [0.2, 0.25) is 11.8 Å². The highest BCUT2D eigenvalue weighted by molar-refractivity contribution is 5.94. The number of anilines is 1. The molecular formula is C26H39FN8O3. The number of carbonyl (C=O) groups is 2. The Morgan fingerprint density at radius 2 is 1.89 bits per heavy atom. The van der Waals surface area contributed by atoms with Crippen LogP contribution in [0.4, 0.5) is 10.1 Å². The molecule has 0 aliphatic carbocycles. The van der Waals surface area contributed by atoms with Crippen molar-refractivity contribution < 1.29 is 14.0 Å². The molecule has 0 aromatic carbocycles. The Kier molecular flexibility index (Phi) is 8.03. The number of rotatable bonds is 7. The highest BCUT2D eigenvalue weighted by Crippen LogP contribution is 2.43. The number of nitrogens with two attached hydrogens (primary N) is 1. The molecule has 6 rings (SSSR count). The molecule has 4 atom stereocenters. The summed E-state index contributed by atoms with van der Waals surface area (Å²) in [4.78, 5) is 48.6. The van der Waals surface area contributed by atoms with Crippen molar-refractivity contribution in [2.75, 3.05) is 58.2 Å². The summed E-state index contributed by atoms with van der Waals surface area (Å²) in [6.45, 7) is 4.64. The molecule has 12 heteroatoms. The van der Waals surface area contributed by atoms with Gasteiger partial charge in [0, 0.05) is 32.4 Å². The van der Waals surface area contributed by atoms with E-state index in [1.165, 1.54) is 0 Å². The molecule has 1 aromatic rings. The van der Waals surface area contributed by atoms with Crippen molar-refractivity contribution in [3.8, 4) is 0 Å². The Morgan fingerprint density at radius 3 is 2.53 bits per heavy atom. The van der Waals surface area contributed by atoms with E-state index in [0.717, 1.165) is 57.3 Å². The molecule has 5 aliphatic heterocycles. The van der Waals surface area contributed by atoms with E-state index in [2.05, 4.69) is 25.7 Å². The van der Waals surface area contributed by atoms with Crippen LogP contribution in [0, 0.1) is 16.2 Å². The summed E-state index contributed by atoms with van der Waals surface area (Å²) in [6, 6.07) is 1.90. The zero-order chi connectivity index (χ0) is 26.9. The monoisotopic (exact) mass is 530 g/mol. The maximum Gasteiger partial charge on any atom is 0.234 e. The van der Waals surface area contributed by atoms with Crippen molar-refractivity contribution in [2.45, 2.75) is 56.5 Å². The van der Waals surface area contributed by atoms with Gasteiger partial charge in [-0.05, 0) is 76.3 Å². The number of hydrogen-bond acceptors (Lipinski definition) is 9. The number of pyridine rings is 1. The van der Waals surface area contributed by atoms with E-state index in [-0.39, 0.29) is 24.4 Å². The number of amides is 2. The molecule has 208 valence electrons. The molecule has 2 bridgehead atoms. The van der Waals surface area contributed by atoms with Gasteiger partial charge >= 0.3 is 0 Å². The first-order valence-electron chi connectivity index (χ1n) is 13.7. The van der Waals surface area contributed by atoms with Gasteiger partial charge in [0.1, 0.15) is 12.1 Å². The quantitative estimate of drug-likeness (QED) is 0.446. The number of likely N-dealkylation sites (tertiary alicyclic amines) is 1. The van der Waals surface area contributed by atoms with Crippen molar-refractivity contribution >= 4 is 17.5 Å². The second kappa shape index (κ2) is 11.3. The lowest BCUT2D eigenvalue weighted by Gasteiger charge is -2.49. The lowest BCUT2D eigenvalue weighted by Crippen LogP contribution is -2.62. The fourth-order valence-electron chi connectivity index (χ4n) is 6.81. The van der Waals surface area contributed by atoms with E-state index >= 15 is 0 Å². The van der Waals surface area contributed by atoms with Gasteiger partial charge in [-0.3, -0.25) is 24.8 Å². The van der Waals surface area contributed by atoms with Crippen molar-refractivity contribution in [3.63, 3.8) is 0 Å². The summed E-state index contributed by atoms with van der Waals surface area (Å²) in [5.74, 6) is -1.01. The molecule has 6 heterocycles. The predicted octanol–water partition coefficient (Wildman–Crippen LogP) is 1.08. The van der Waals surface area contributed by atoms with Crippen LogP contribution in [0.2, 0.25) is 0 Å². The van der Waals surface area contributed by atoms with E-state index < -0.39 is 30.3 Å². The normalized spacial score (nSPS) is 32.0. The minimum atomic E-state index is -1.30. The van der Waals surface area contributed by atoms with Gasteiger partial charge in [-0.15, -0.1) is 4.91 Å². The summed E-state index contributed by atoms with van der Waals surface area (Å²) >= 11 is 0. The number of aromatic nitrogens is 1. The number of fused-ring (bicyclic) bond motifs is 3. The number of nitroso groups, excluding NO2 is 1. The van der Waals surface area contributed by atoms with E-state index in [4.69, 9.17) is 5.73 Å². The zero-order valence-electron chi connectivity index (χ0n) is 22.0. The van der Waals surface area contributed by atoms with Crippen LogP contribution in [0.3, 0.4) is 0 Å². The third-order valence-electron chi connectivity index (χ3n) is 9.15. The fraction of sp³-hybridized carbons (Fsp3) is 0.731. The highest BCUT2D eigenvalue weighted by Gasteiger charge is 2.47. The molecule has 2 amide bonds. The van der Waals surface area contributed by atoms with Crippen molar-refractivity contribution in [1.82, 2.24) is 25.0 Å². The molecule has 0 radical (unpaired) electrons. The van der Waals surface area contributed by atoms with Gasteiger partial charge in [0.15, 0.2) is 6.17 Å². The molecule has 4 N–H and O–H groups in total. The lowest BCUT2D eigenvalue weighted by molar-refractivity contribution is -0.150. The standard InChI is InChI=1S/C26H39FN8O3/c1-33-16-18(27)14-30-23(33)21(22(28)32-38)24(36)31-20-15-29-8-2-19(20)17-3-9-35(10-4-17)25(37)26-5-11-34(12-6-26)13-7-26/h2,8,15,17-18,21-23,30H,3-7,9-14,16,28H2,1H3,(H,31,36). The molecule has 38 heavy (non-hydrogen) atoms. The van der Waals surface area contributed by atoms with Gasteiger partial charge in [-0.1, -0.05) is 5.18 Å². The molecule has 0 saturated carbocycles. The predicted molar refractivity (Wildman–Crippen MR) is 141 cm³/mol. The third kappa shape index (κ3) is 5.31. The average molecular weight is 531 g/mol. The van der Waals surface area contributed by atoms with Gasteiger partial charge in [0.25, 0.3) is 0 Å². The molecule has 1 aromatic heterocycles. The van der Waals surface area contributed by atoms with Gasteiger partial charge in [-0.25, -0.2) is 4.39 Å². The Hall–Kier alpha value is -2.54. The Bertz CT molecular complexity index is 1010. The number of carbonyl (C=O) groups excluding carboxylic acids is 2. The number of piperidine rings is 4.